The number of aliphatic hydroxyl groups is 1. The van der Waals surface area contributed by atoms with Gasteiger partial charge in [0.05, 0.1) is 36.8 Å². The maximum Gasteiger partial charge on any atom is 0.348 e. The summed E-state index contributed by atoms with van der Waals surface area (Å²) in [6, 6.07) is 7.41. The van der Waals surface area contributed by atoms with E-state index in [0.29, 0.717) is 42.6 Å². The maximum atomic E-state index is 14.2. The minimum absolute atomic E-state index is 0.0514. The topological polar surface area (TPSA) is 152 Å². The fourth-order valence-corrected chi connectivity index (χ4v) is 6.60. The minimum Gasteiger partial charge on any atom is -0.491 e. The Bertz CT molecular complexity index is 1610. The Morgan fingerprint density at radius 2 is 1.79 bits per heavy atom. The normalized spacial score (nSPS) is 18.1. The molecule has 2 heterocycles. The molecule has 3 aromatic rings. The number of nitrogens with two attached hydrogens (primary N) is 1. The van der Waals surface area contributed by atoms with Gasteiger partial charge in [0, 0.05) is 5.56 Å². The van der Waals surface area contributed by atoms with E-state index in [1.807, 2.05) is 38.1 Å². The molecule has 234 valence electrons. The number of thiophene rings is 1. The standard InChI is InChI=1S/C31H41N3O8S/c1-7-40-28(37)25-18(4)24-26(36)34(31(5,6)29(32)38)30(39)33(27(24)43-25)16-23(42-20-14-12-19(35)13-15-20)21-10-8-9-11-22(21)41-17(2)3/h8-11,17,19-20,23,35H,7,12-16H2,1-6H3,(H2,32,38)/t19-,20-,23-/m0/s1. The van der Waals surface area contributed by atoms with E-state index in [2.05, 4.69) is 0 Å². The SMILES string of the molecule is CCOC(=O)c1sc2c(c1C)c(=O)n(C(C)(C)C(N)=O)c(=O)n2C[C@H](O[C@H]1CC[C@H](O)CC1)c1ccccc1OC(C)C. The lowest BCUT2D eigenvalue weighted by Gasteiger charge is -2.31. The van der Waals surface area contributed by atoms with Gasteiger partial charge in [-0.05, 0) is 78.9 Å². The Kier molecular flexibility index (Phi) is 9.83. The number of fused-ring (bicyclic) bond motifs is 1. The van der Waals surface area contributed by atoms with Crippen molar-refractivity contribution < 1.29 is 28.9 Å². The highest BCUT2D eigenvalue weighted by Crippen LogP contribution is 2.36. The van der Waals surface area contributed by atoms with Gasteiger partial charge in [-0.15, -0.1) is 11.3 Å². The van der Waals surface area contributed by atoms with Gasteiger partial charge in [-0.1, -0.05) is 18.2 Å². The molecule has 43 heavy (non-hydrogen) atoms. The number of benzene rings is 1. The lowest BCUT2D eigenvalue weighted by molar-refractivity contribution is -0.125. The van der Waals surface area contributed by atoms with Gasteiger partial charge < -0.3 is 25.1 Å². The summed E-state index contributed by atoms with van der Waals surface area (Å²) in [7, 11) is 0. The lowest BCUT2D eigenvalue weighted by Crippen LogP contribution is -2.54. The summed E-state index contributed by atoms with van der Waals surface area (Å²) in [4.78, 5) is 53.9. The van der Waals surface area contributed by atoms with Crippen LogP contribution in [-0.2, 0) is 26.4 Å². The predicted octanol–water partition coefficient (Wildman–Crippen LogP) is 3.78. The molecule has 1 fully saturated rings. The molecule has 0 unspecified atom stereocenters. The number of aryl methyl sites for hydroxylation is 1. The summed E-state index contributed by atoms with van der Waals surface area (Å²) >= 11 is 0.992. The van der Waals surface area contributed by atoms with Crippen LogP contribution < -0.4 is 21.7 Å². The smallest absolute Gasteiger partial charge is 0.348 e. The molecule has 0 saturated heterocycles. The zero-order valence-electron chi connectivity index (χ0n) is 25.5. The van der Waals surface area contributed by atoms with E-state index in [0.717, 1.165) is 15.9 Å². The molecule has 1 aromatic carbocycles. The van der Waals surface area contributed by atoms with Crippen LogP contribution in [0.2, 0.25) is 0 Å². The van der Waals surface area contributed by atoms with Crippen LogP contribution in [0.25, 0.3) is 10.2 Å². The molecule has 1 amide bonds. The molecule has 0 radical (unpaired) electrons. The number of esters is 1. The quantitative estimate of drug-likeness (QED) is 0.309. The third kappa shape index (κ3) is 6.56. The van der Waals surface area contributed by atoms with Crippen molar-refractivity contribution >= 4 is 33.4 Å². The summed E-state index contributed by atoms with van der Waals surface area (Å²) in [5, 5.41) is 10.2. The van der Waals surface area contributed by atoms with Crippen LogP contribution in [0.1, 0.15) is 87.2 Å². The number of primary amides is 1. The van der Waals surface area contributed by atoms with E-state index in [4.69, 9.17) is 19.9 Å². The van der Waals surface area contributed by atoms with E-state index in [-0.39, 0.29) is 46.6 Å². The van der Waals surface area contributed by atoms with Crippen molar-refractivity contribution in [3.05, 3.63) is 61.1 Å². The molecule has 0 spiro atoms. The van der Waals surface area contributed by atoms with Gasteiger partial charge in [0.1, 0.15) is 27.1 Å². The number of amides is 1. The average molecular weight is 616 g/mol. The van der Waals surface area contributed by atoms with E-state index in [1.165, 1.54) is 18.4 Å². The second kappa shape index (κ2) is 13.0. The first-order chi connectivity index (χ1) is 20.3. The average Bonchev–Trinajstić information content (AvgIpc) is 3.29. The highest BCUT2D eigenvalue weighted by molar-refractivity contribution is 7.20. The summed E-state index contributed by atoms with van der Waals surface area (Å²) in [5.41, 5.74) is 3.59. The number of rotatable bonds is 11. The predicted molar refractivity (Wildman–Crippen MR) is 164 cm³/mol. The monoisotopic (exact) mass is 615 g/mol. The summed E-state index contributed by atoms with van der Waals surface area (Å²) < 4.78 is 20.3. The first-order valence-electron chi connectivity index (χ1n) is 14.6. The molecule has 0 aliphatic heterocycles. The number of hydrogen-bond acceptors (Lipinski definition) is 9. The molecular formula is C31H41N3O8S. The molecular weight excluding hydrogens is 574 g/mol. The van der Waals surface area contributed by atoms with Crippen LogP contribution in [0.5, 0.6) is 5.75 Å². The Balaban J connectivity index is 1.98. The molecule has 11 nitrogen and oxygen atoms in total. The van der Waals surface area contributed by atoms with Gasteiger partial charge in [-0.3, -0.25) is 14.2 Å². The molecule has 0 bridgehead atoms. The van der Waals surface area contributed by atoms with Crippen molar-refractivity contribution in [2.24, 2.45) is 5.73 Å². The van der Waals surface area contributed by atoms with Crippen LogP contribution >= 0.6 is 11.3 Å². The Hall–Kier alpha value is -3.48. The van der Waals surface area contributed by atoms with Gasteiger partial charge in [0.2, 0.25) is 5.91 Å². The van der Waals surface area contributed by atoms with Crippen LogP contribution in [0.4, 0.5) is 0 Å². The van der Waals surface area contributed by atoms with Gasteiger partial charge in [-0.25, -0.2) is 14.2 Å². The van der Waals surface area contributed by atoms with E-state index >= 15 is 0 Å². The third-order valence-corrected chi connectivity index (χ3v) is 9.11. The van der Waals surface area contributed by atoms with Gasteiger partial charge in [0.15, 0.2) is 0 Å². The maximum absolute atomic E-state index is 14.2. The second-order valence-electron chi connectivity index (χ2n) is 11.7. The number of hydrogen-bond donors (Lipinski definition) is 2. The highest BCUT2D eigenvalue weighted by Gasteiger charge is 2.35. The Morgan fingerprint density at radius 3 is 2.40 bits per heavy atom. The molecule has 3 N–H and O–H groups in total. The van der Waals surface area contributed by atoms with E-state index < -0.39 is 34.8 Å². The number of para-hydroxylation sites is 1. The van der Waals surface area contributed by atoms with E-state index in [1.54, 1.807) is 13.8 Å². The highest BCUT2D eigenvalue weighted by atomic mass is 32.1. The van der Waals surface area contributed by atoms with Crippen molar-refractivity contribution in [2.45, 2.75) is 104 Å². The van der Waals surface area contributed by atoms with Crippen molar-refractivity contribution in [1.29, 1.82) is 0 Å². The number of ether oxygens (including phenoxy) is 3. The van der Waals surface area contributed by atoms with Crippen molar-refractivity contribution in [2.75, 3.05) is 6.61 Å². The molecule has 1 saturated carbocycles. The third-order valence-electron chi connectivity index (χ3n) is 7.81. The first kappa shape index (κ1) is 32.4. The number of carbonyl (C=O) groups excluding carboxylic acids is 2. The lowest BCUT2D eigenvalue weighted by atomic mass is 9.94. The number of aliphatic hydroxyl groups excluding tert-OH is 1. The Labute approximate surface area is 254 Å². The molecule has 12 heteroatoms. The van der Waals surface area contributed by atoms with Crippen LogP contribution in [0.3, 0.4) is 0 Å². The molecule has 2 aromatic heterocycles. The number of carbonyl (C=O) groups is 2. The minimum atomic E-state index is -1.67. The molecule has 1 aliphatic rings. The second-order valence-corrected chi connectivity index (χ2v) is 12.7. The molecule has 1 aliphatic carbocycles. The summed E-state index contributed by atoms with van der Waals surface area (Å²) in [6.07, 6.45) is 1.03. The van der Waals surface area contributed by atoms with Crippen molar-refractivity contribution in [1.82, 2.24) is 9.13 Å². The van der Waals surface area contributed by atoms with Crippen molar-refractivity contribution in [3.63, 3.8) is 0 Å². The molecule has 4 rings (SSSR count). The first-order valence-corrected chi connectivity index (χ1v) is 15.4. The van der Waals surface area contributed by atoms with E-state index in [9.17, 15) is 24.3 Å². The van der Waals surface area contributed by atoms with Gasteiger partial charge in [0.25, 0.3) is 5.56 Å². The largest absolute Gasteiger partial charge is 0.491 e. The zero-order chi connectivity index (χ0) is 31.6. The van der Waals surface area contributed by atoms with Crippen LogP contribution in [0.15, 0.2) is 33.9 Å². The summed E-state index contributed by atoms with van der Waals surface area (Å²) in [6.45, 7) is 10.0. The Morgan fingerprint density at radius 1 is 1.14 bits per heavy atom. The van der Waals surface area contributed by atoms with Crippen molar-refractivity contribution in [3.8, 4) is 5.75 Å². The van der Waals surface area contributed by atoms with Gasteiger partial charge in [-0.2, -0.15) is 0 Å². The zero-order valence-corrected chi connectivity index (χ0v) is 26.4. The fourth-order valence-electron chi connectivity index (χ4n) is 5.40. The fraction of sp³-hybridized carbons (Fsp3) is 0.548. The van der Waals surface area contributed by atoms with Gasteiger partial charge >= 0.3 is 11.7 Å². The van der Waals surface area contributed by atoms with Crippen LogP contribution in [-0.4, -0.2) is 51.0 Å². The number of nitrogens with zero attached hydrogens (tertiary/aromatic N) is 2. The van der Waals surface area contributed by atoms with Crippen LogP contribution in [0, 0.1) is 6.92 Å². The summed E-state index contributed by atoms with van der Waals surface area (Å²) in [5.74, 6) is -0.882. The molecule has 1 atom stereocenters. The number of aromatic nitrogens is 2.